The van der Waals surface area contributed by atoms with E-state index in [-0.39, 0.29) is 17.6 Å². The third-order valence-corrected chi connectivity index (χ3v) is 8.11. The Balaban J connectivity index is 1.11. The van der Waals surface area contributed by atoms with Crippen molar-refractivity contribution >= 4 is 50.3 Å². The second-order valence-electron chi connectivity index (χ2n) is 7.83. The molecule has 0 atom stereocenters. The summed E-state index contributed by atoms with van der Waals surface area (Å²) in [5.74, 6) is 1.11. The summed E-state index contributed by atoms with van der Waals surface area (Å²) >= 11 is 3.44. The first-order valence-electron chi connectivity index (χ1n) is 10.6. The third-order valence-electron chi connectivity index (χ3n) is 5.84. The van der Waals surface area contributed by atoms with Crippen molar-refractivity contribution in [2.24, 2.45) is 0 Å². The Morgan fingerprint density at radius 2 is 1.90 bits per heavy atom. The maximum Gasteiger partial charge on any atom is 0.326 e. The Kier molecular flexibility index (Phi) is 5.82. The van der Waals surface area contributed by atoms with Crippen molar-refractivity contribution in [2.75, 3.05) is 18.8 Å². The highest BCUT2D eigenvalue weighted by Gasteiger charge is 2.25. The zero-order valence-corrected chi connectivity index (χ0v) is 18.8. The first-order chi connectivity index (χ1) is 15.2. The molecule has 5 rings (SSSR count). The van der Waals surface area contributed by atoms with Crippen molar-refractivity contribution in [3.05, 3.63) is 59.0 Å². The minimum atomic E-state index is -0.0575. The topological polar surface area (TPSA) is 71.0 Å². The van der Waals surface area contributed by atoms with Gasteiger partial charge in [0.05, 0.1) is 21.3 Å². The zero-order valence-electron chi connectivity index (χ0n) is 17.1. The van der Waals surface area contributed by atoms with Crippen molar-refractivity contribution in [2.45, 2.75) is 36.1 Å². The molecule has 1 saturated heterocycles. The van der Waals surface area contributed by atoms with Gasteiger partial charge in [-0.15, -0.1) is 11.3 Å². The molecule has 1 aliphatic heterocycles. The number of fused-ring (bicyclic) bond motifs is 2. The second kappa shape index (κ2) is 8.88. The van der Waals surface area contributed by atoms with Crippen LogP contribution in [0.5, 0.6) is 0 Å². The number of thiazole rings is 1. The van der Waals surface area contributed by atoms with E-state index in [9.17, 15) is 9.59 Å². The van der Waals surface area contributed by atoms with Crippen molar-refractivity contribution in [3.8, 4) is 0 Å². The quantitative estimate of drug-likeness (QED) is 0.341. The fourth-order valence-corrected chi connectivity index (χ4v) is 6.34. The Bertz CT molecular complexity index is 1230. The molecule has 2 aromatic carbocycles. The smallest absolute Gasteiger partial charge is 0.326 e. The molecule has 0 spiro atoms. The van der Waals surface area contributed by atoms with Crippen LogP contribution in [0.2, 0.25) is 0 Å². The molecule has 0 bridgehead atoms. The van der Waals surface area contributed by atoms with Crippen LogP contribution >= 0.6 is 23.1 Å². The molecule has 6 nitrogen and oxygen atoms in total. The number of carbonyl (C=O) groups excluding carboxylic acids is 1. The van der Waals surface area contributed by atoms with Gasteiger partial charge in [0, 0.05) is 31.3 Å². The highest BCUT2D eigenvalue weighted by molar-refractivity contribution is 8.01. The number of hydrogen-bond donors (Lipinski definition) is 1. The van der Waals surface area contributed by atoms with E-state index in [2.05, 4.69) is 16.0 Å². The molecular weight excluding hydrogens is 428 g/mol. The van der Waals surface area contributed by atoms with Crippen molar-refractivity contribution in [1.82, 2.24) is 19.4 Å². The van der Waals surface area contributed by atoms with Crippen molar-refractivity contribution in [3.63, 3.8) is 0 Å². The molecule has 1 N–H and O–H groups in total. The number of nitrogens with one attached hydrogen (secondary N) is 1. The van der Waals surface area contributed by atoms with Crippen LogP contribution in [0, 0.1) is 0 Å². The number of hydrogen-bond acceptors (Lipinski definition) is 5. The third kappa shape index (κ3) is 4.27. The molecular formula is C23H24N4O2S2. The molecule has 0 saturated carbocycles. The summed E-state index contributed by atoms with van der Waals surface area (Å²) in [6, 6.07) is 16.1. The fourth-order valence-electron chi connectivity index (χ4n) is 4.26. The molecule has 160 valence electrons. The number of rotatable bonds is 6. The predicted molar refractivity (Wildman–Crippen MR) is 127 cm³/mol. The maximum atomic E-state index is 12.7. The molecule has 2 aromatic heterocycles. The van der Waals surface area contributed by atoms with E-state index in [4.69, 9.17) is 0 Å². The van der Waals surface area contributed by atoms with E-state index >= 15 is 0 Å². The van der Waals surface area contributed by atoms with Gasteiger partial charge in [-0.1, -0.05) is 36.0 Å². The van der Waals surface area contributed by atoms with Gasteiger partial charge in [0.25, 0.3) is 0 Å². The summed E-state index contributed by atoms with van der Waals surface area (Å²) in [5, 5.41) is 0. The van der Waals surface area contributed by atoms with Gasteiger partial charge in [0.15, 0.2) is 4.34 Å². The van der Waals surface area contributed by atoms with E-state index < -0.39 is 0 Å². The molecule has 8 heteroatoms. The average Bonchev–Trinajstić information content (AvgIpc) is 3.36. The van der Waals surface area contributed by atoms with Gasteiger partial charge in [0.2, 0.25) is 5.91 Å². The van der Waals surface area contributed by atoms with E-state index in [1.54, 1.807) is 23.1 Å². The Morgan fingerprint density at radius 3 is 2.74 bits per heavy atom. The van der Waals surface area contributed by atoms with E-state index in [1.165, 1.54) is 4.70 Å². The number of benzene rings is 2. The summed E-state index contributed by atoms with van der Waals surface area (Å²) in [4.78, 5) is 34.6. The van der Waals surface area contributed by atoms with Crippen LogP contribution in [-0.2, 0) is 4.79 Å². The second-order valence-corrected chi connectivity index (χ2v) is 10.2. The number of imidazole rings is 1. The molecule has 1 fully saturated rings. The van der Waals surface area contributed by atoms with Crippen LogP contribution < -0.4 is 5.69 Å². The van der Waals surface area contributed by atoms with Crippen LogP contribution in [0.15, 0.2) is 57.7 Å². The van der Waals surface area contributed by atoms with Gasteiger partial charge in [-0.3, -0.25) is 9.36 Å². The monoisotopic (exact) mass is 452 g/mol. The van der Waals surface area contributed by atoms with Gasteiger partial charge >= 0.3 is 5.69 Å². The van der Waals surface area contributed by atoms with Crippen molar-refractivity contribution < 1.29 is 4.79 Å². The number of carbonyl (C=O) groups is 1. The zero-order chi connectivity index (χ0) is 21.2. The summed E-state index contributed by atoms with van der Waals surface area (Å²) in [6.45, 7) is 1.42. The van der Waals surface area contributed by atoms with Crippen LogP contribution in [0.1, 0.15) is 31.7 Å². The number of likely N-dealkylation sites (tertiary alicyclic amines) is 1. The Labute approximate surface area is 188 Å². The largest absolute Gasteiger partial charge is 0.343 e. The summed E-state index contributed by atoms with van der Waals surface area (Å²) in [5.41, 5.74) is 2.81. The lowest BCUT2D eigenvalue weighted by Crippen LogP contribution is -2.40. The number of amides is 1. The highest BCUT2D eigenvalue weighted by Crippen LogP contribution is 2.30. The number of aromatic amines is 1. The average molecular weight is 453 g/mol. The van der Waals surface area contributed by atoms with Crippen LogP contribution in [0.25, 0.3) is 21.3 Å². The van der Waals surface area contributed by atoms with E-state index in [0.29, 0.717) is 19.5 Å². The first kappa shape index (κ1) is 20.3. The van der Waals surface area contributed by atoms with Crippen molar-refractivity contribution in [1.29, 1.82) is 0 Å². The van der Waals surface area contributed by atoms with Crippen LogP contribution in [0.3, 0.4) is 0 Å². The standard InChI is InChI=1S/C23H24N4O2S2/c28-21(10-5-15-30-23-25-18-7-2-4-9-20(18)31-23)26-13-11-16(12-14-26)27-19-8-3-1-6-17(19)24-22(27)29/h1-4,6-9,16H,5,10-15H2,(H,24,29). The molecule has 3 heterocycles. The van der Waals surface area contributed by atoms with Gasteiger partial charge in [-0.05, 0) is 43.5 Å². The predicted octanol–water partition coefficient (Wildman–Crippen LogP) is 4.68. The molecule has 31 heavy (non-hydrogen) atoms. The molecule has 1 aliphatic rings. The SMILES string of the molecule is O=C(CCCSc1nc2ccccc2s1)N1CCC(n2c(=O)[nH]c3ccccc32)CC1. The molecule has 1 amide bonds. The minimum Gasteiger partial charge on any atom is -0.343 e. The number of thioether (sulfide) groups is 1. The molecule has 0 aliphatic carbocycles. The summed E-state index contributed by atoms with van der Waals surface area (Å²) in [6.07, 6.45) is 3.04. The fraction of sp³-hybridized carbons (Fsp3) is 0.348. The van der Waals surface area contributed by atoms with Gasteiger partial charge in [0.1, 0.15) is 0 Å². The van der Waals surface area contributed by atoms with Gasteiger partial charge in [-0.2, -0.15) is 0 Å². The van der Waals surface area contributed by atoms with E-state index in [1.807, 2.05) is 51.9 Å². The lowest BCUT2D eigenvalue weighted by atomic mass is 10.0. The lowest BCUT2D eigenvalue weighted by molar-refractivity contribution is -0.132. The first-order valence-corrected chi connectivity index (χ1v) is 12.4. The van der Waals surface area contributed by atoms with E-state index in [0.717, 1.165) is 45.9 Å². The number of nitrogens with zero attached hydrogens (tertiary/aromatic N) is 3. The summed E-state index contributed by atoms with van der Waals surface area (Å²) < 4.78 is 4.14. The Hall–Kier alpha value is -2.58. The molecule has 0 radical (unpaired) electrons. The number of aromatic nitrogens is 3. The molecule has 0 unspecified atom stereocenters. The molecule has 4 aromatic rings. The van der Waals surface area contributed by atoms with Crippen LogP contribution in [-0.4, -0.2) is 44.2 Å². The minimum absolute atomic E-state index is 0.0575. The highest BCUT2D eigenvalue weighted by atomic mass is 32.2. The number of piperidine rings is 1. The maximum absolute atomic E-state index is 12.7. The Morgan fingerprint density at radius 1 is 1.13 bits per heavy atom. The normalized spacial score (nSPS) is 15.2. The van der Waals surface area contributed by atoms with Gasteiger partial charge in [-0.25, -0.2) is 9.78 Å². The van der Waals surface area contributed by atoms with Crippen LogP contribution in [0.4, 0.5) is 0 Å². The van der Waals surface area contributed by atoms with Gasteiger partial charge < -0.3 is 9.88 Å². The number of H-pyrrole nitrogens is 1. The number of para-hydroxylation sites is 3. The summed E-state index contributed by atoms with van der Waals surface area (Å²) in [7, 11) is 0. The lowest BCUT2D eigenvalue weighted by Gasteiger charge is -2.32.